The van der Waals surface area contributed by atoms with E-state index < -0.39 is 0 Å². The molecule has 0 aromatic heterocycles. The van der Waals surface area contributed by atoms with E-state index in [0.29, 0.717) is 12.0 Å². The zero-order valence-corrected chi connectivity index (χ0v) is 15.1. The summed E-state index contributed by atoms with van der Waals surface area (Å²) in [6.45, 7) is 3.50. The molecule has 3 atom stereocenters. The fraction of sp³-hybridized carbons (Fsp3) is 0.409. The highest BCUT2D eigenvalue weighted by atomic mass is 16.5. The van der Waals surface area contributed by atoms with Crippen molar-refractivity contribution >= 4 is 0 Å². The Balaban J connectivity index is 1.90. The molecule has 0 saturated carbocycles. The lowest BCUT2D eigenvalue weighted by Crippen LogP contribution is -2.56. The smallest absolute Gasteiger partial charge is 0.119 e. The van der Waals surface area contributed by atoms with Crippen LogP contribution in [-0.4, -0.2) is 31.6 Å². The van der Waals surface area contributed by atoms with E-state index in [1.165, 1.54) is 16.7 Å². The van der Waals surface area contributed by atoms with Crippen LogP contribution in [0.4, 0.5) is 0 Å². The molecule has 4 rings (SSSR count). The Morgan fingerprint density at radius 1 is 1.24 bits per heavy atom. The lowest BCUT2D eigenvalue weighted by Gasteiger charge is -2.55. The lowest BCUT2D eigenvalue weighted by molar-refractivity contribution is 0.0830. The monoisotopic (exact) mass is 332 g/mol. The van der Waals surface area contributed by atoms with Gasteiger partial charge in [0.1, 0.15) is 5.75 Å². The molecule has 2 aliphatic rings. The van der Waals surface area contributed by atoms with Gasteiger partial charge in [-0.05, 0) is 67.4 Å². The first-order chi connectivity index (χ1) is 12.1. The lowest BCUT2D eigenvalue weighted by atomic mass is 9.56. The Kier molecular flexibility index (Phi) is 3.81. The number of methoxy groups -OCH3 is 1. The SMILES string of the molecule is COc1ccc2c(c1)C1(C)CCN(C)C(C2)C1c1cccc(C#N)c1. The quantitative estimate of drug-likeness (QED) is 0.837. The Hall–Kier alpha value is -2.31. The van der Waals surface area contributed by atoms with Crippen LogP contribution < -0.4 is 4.74 Å². The van der Waals surface area contributed by atoms with Crippen LogP contribution in [0.15, 0.2) is 42.5 Å². The predicted molar refractivity (Wildman–Crippen MR) is 99.0 cm³/mol. The van der Waals surface area contributed by atoms with Crippen molar-refractivity contribution < 1.29 is 4.74 Å². The summed E-state index contributed by atoms with van der Waals surface area (Å²) in [5.41, 5.74) is 4.95. The van der Waals surface area contributed by atoms with Crippen molar-refractivity contribution in [2.24, 2.45) is 0 Å². The number of hydrogen-bond acceptors (Lipinski definition) is 3. The maximum absolute atomic E-state index is 9.33. The van der Waals surface area contributed by atoms with Crippen LogP contribution in [-0.2, 0) is 11.8 Å². The van der Waals surface area contributed by atoms with Gasteiger partial charge in [-0.3, -0.25) is 0 Å². The summed E-state index contributed by atoms with van der Waals surface area (Å²) in [4.78, 5) is 2.50. The molecule has 0 spiro atoms. The normalized spacial score (nSPS) is 28.1. The van der Waals surface area contributed by atoms with Gasteiger partial charge in [0.15, 0.2) is 0 Å². The summed E-state index contributed by atoms with van der Waals surface area (Å²) in [6.07, 6.45) is 2.16. The van der Waals surface area contributed by atoms with E-state index in [9.17, 15) is 5.26 Å². The number of hydrogen-bond donors (Lipinski definition) is 0. The summed E-state index contributed by atoms with van der Waals surface area (Å²) < 4.78 is 5.51. The maximum Gasteiger partial charge on any atom is 0.119 e. The Bertz CT molecular complexity index is 853. The number of fused-ring (bicyclic) bond motifs is 4. The van der Waals surface area contributed by atoms with Gasteiger partial charge < -0.3 is 9.64 Å². The highest BCUT2D eigenvalue weighted by Gasteiger charge is 2.50. The third-order valence-corrected chi connectivity index (χ3v) is 6.36. The van der Waals surface area contributed by atoms with E-state index in [2.05, 4.69) is 55.3 Å². The molecule has 2 aromatic carbocycles. The summed E-state index contributed by atoms with van der Waals surface area (Å²) in [7, 11) is 3.97. The summed E-state index contributed by atoms with van der Waals surface area (Å²) in [5.74, 6) is 1.32. The Labute approximate surface area is 149 Å². The largest absolute Gasteiger partial charge is 0.497 e. The third kappa shape index (κ3) is 2.44. The number of ether oxygens (including phenoxy) is 1. The van der Waals surface area contributed by atoms with Gasteiger partial charge >= 0.3 is 0 Å². The average Bonchev–Trinajstić information content (AvgIpc) is 2.65. The van der Waals surface area contributed by atoms with Gasteiger partial charge in [-0.25, -0.2) is 0 Å². The van der Waals surface area contributed by atoms with E-state index in [1.807, 2.05) is 12.1 Å². The minimum absolute atomic E-state index is 0.0629. The summed E-state index contributed by atoms with van der Waals surface area (Å²) in [6, 6.07) is 17.5. The zero-order valence-electron chi connectivity index (χ0n) is 15.1. The van der Waals surface area contributed by atoms with E-state index in [4.69, 9.17) is 4.74 Å². The van der Waals surface area contributed by atoms with Crippen molar-refractivity contribution in [2.75, 3.05) is 20.7 Å². The molecule has 2 bridgehead atoms. The molecular formula is C22H24N2O. The van der Waals surface area contributed by atoms with Gasteiger partial charge in [0.2, 0.25) is 0 Å². The minimum atomic E-state index is 0.0629. The first-order valence-corrected chi connectivity index (χ1v) is 8.94. The molecule has 25 heavy (non-hydrogen) atoms. The average molecular weight is 332 g/mol. The Morgan fingerprint density at radius 2 is 2.08 bits per heavy atom. The van der Waals surface area contributed by atoms with Crippen molar-refractivity contribution in [3.8, 4) is 11.8 Å². The van der Waals surface area contributed by atoms with E-state index in [0.717, 1.165) is 30.7 Å². The van der Waals surface area contributed by atoms with Gasteiger partial charge in [0.05, 0.1) is 18.7 Å². The fourth-order valence-electron chi connectivity index (χ4n) is 4.99. The molecule has 0 amide bonds. The minimum Gasteiger partial charge on any atom is -0.497 e. The maximum atomic E-state index is 9.33. The molecule has 1 heterocycles. The van der Waals surface area contributed by atoms with Crippen molar-refractivity contribution in [1.29, 1.82) is 5.26 Å². The number of nitrogens with zero attached hydrogens (tertiary/aromatic N) is 2. The topological polar surface area (TPSA) is 36.3 Å². The number of nitriles is 1. The van der Waals surface area contributed by atoms with Gasteiger partial charge in [0.25, 0.3) is 0 Å². The molecule has 2 aromatic rings. The summed E-state index contributed by atoms with van der Waals surface area (Å²) >= 11 is 0. The Morgan fingerprint density at radius 3 is 2.84 bits per heavy atom. The highest BCUT2D eigenvalue weighted by Crippen LogP contribution is 2.53. The number of rotatable bonds is 2. The van der Waals surface area contributed by atoms with E-state index >= 15 is 0 Å². The van der Waals surface area contributed by atoms with Gasteiger partial charge in [-0.2, -0.15) is 5.26 Å². The van der Waals surface area contributed by atoms with Crippen LogP contribution in [0, 0.1) is 11.3 Å². The van der Waals surface area contributed by atoms with Gasteiger partial charge in [0, 0.05) is 17.4 Å². The highest BCUT2D eigenvalue weighted by molar-refractivity contribution is 5.49. The van der Waals surface area contributed by atoms with E-state index in [1.54, 1.807) is 7.11 Å². The fourth-order valence-corrected chi connectivity index (χ4v) is 4.99. The van der Waals surface area contributed by atoms with Crippen LogP contribution >= 0.6 is 0 Å². The van der Waals surface area contributed by atoms with Crippen LogP contribution in [0.2, 0.25) is 0 Å². The van der Waals surface area contributed by atoms with E-state index in [-0.39, 0.29) is 5.41 Å². The standard InChI is InChI=1S/C22H24N2O/c1-22-9-10-24(2)20(12-16-7-8-18(25-3)13-19(16)22)21(22)17-6-4-5-15(11-17)14-23/h4-8,11,13,20-21H,9-10,12H2,1-3H3. The van der Waals surface area contributed by atoms with Crippen molar-refractivity contribution in [3.63, 3.8) is 0 Å². The van der Waals surface area contributed by atoms with Crippen LogP contribution in [0.5, 0.6) is 5.75 Å². The first kappa shape index (κ1) is 16.2. The predicted octanol–water partition coefficient (Wildman–Crippen LogP) is 3.87. The molecule has 3 nitrogen and oxygen atoms in total. The molecule has 1 aliphatic carbocycles. The molecule has 1 fully saturated rings. The van der Waals surface area contributed by atoms with Crippen LogP contribution in [0.3, 0.4) is 0 Å². The van der Waals surface area contributed by atoms with Gasteiger partial charge in [-0.15, -0.1) is 0 Å². The number of benzene rings is 2. The van der Waals surface area contributed by atoms with Crippen molar-refractivity contribution in [3.05, 3.63) is 64.7 Å². The molecule has 3 heteroatoms. The molecule has 1 saturated heterocycles. The molecular weight excluding hydrogens is 308 g/mol. The second-order valence-corrected chi connectivity index (χ2v) is 7.66. The van der Waals surface area contributed by atoms with Crippen LogP contribution in [0.25, 0.3) is 0 Å². The van der Waals surface area contributed by atoms with Crippen molar-refractivity contribution in [2.45, 2.75) is 37.1 Å². The third-order valence-electron chi connectivity index (χ3n) is 6.36. The molecule has 1 aliphatic heterocycles. The first-order valence-electron chi connectivity index (χ1n) is 8.94. The number of piperidine rings is 1. The molecule has 0 radical (unpaired) electrons. The van der Waals surface area contributed by atoms with Gasteiger partial charge in [-0.1, -0.05) is 25.1 Å². The molecule has 128 valence electrons. The van der Waals surface area contributed by atoms with Crippen molar-refractivity contribution in [1.82, 2.24) is 4.90 Å². The van der Waals surface area contributed by atoms with Crippen LogP contribution in [0.1, 0.15) is 41.5 Å². The number of likely N-dealkylation sites (N-methyl/N-ethyl adjacent to an activating group) is 1. The second-order valence-electron chi connectivity index (χ2n) is 7.66. The summed E-state index contributed by atoms with van der Waals surface area (Å²) in [5, 5.41) is 9.33. The number of likely N-dealkylation sites (tertiary alicyclic amines) is 1. The molecule has 3 unspecified atom stereocenters. The molecule has 0 N–H and O–H groups in total. The zero-order chi connectivity index (χ0) is 17.6. The second kappa shape index (κ2) is 5.89.